The van der Waals surface area contributed by atoms with Crippen LogP contribution in [0.15, 0.2) is 0 Å². The van der Waals surface area contributed by atoms with Gasteiger partial charge >= 0.3 is 0 Å². The van der Waals surface area contributed by atoms with E-state index in [1.807, 2.05) is 4.31 Å². The van der Waals surface area contributed by atoms with Gasteiger partial charge in [-0.25, -0.2) is 0 Å². The Morgan fingerprint density at radius 2 is 1.88 bits per heavy atom. The van der Waals surface area contributed by atoms with Crippen LogP contribution < -0.4 is 0 Å². The van der Waals surface area contributed by atoms with Gasteiger partial charge in [-0.05, 0) is 36.6 Å². The van der Waals surface area contributed by atoms with Gasteiger partial charge in [0.2, 0.25) is 0 Å². The highest BCUT2D eigenvalue weighted by molar-refractivity contribution is 7.93. The fraction of sp³-hybridized carbons (Fsp3) is 0.800. The molecule has 0 aliphatic heterocycles. The third kappa shape index (κ3) is 30.9. The molecule has 0 saturated carbocycles. The van der Waals surface area contributed by atoms with Crippen molar-refractivity contribution < 1.29 is 0 Å². The van der Waals surface area contributed by atoms with Gasteiger partial charge in [-0.3, -0.25) is 0 Å². The van der Waals surface area contributed by atoms with Gasteiger partial charge < -0.3 is 0 Å². The number of thiol groups is 1. The van der Waals surface area contributed by atoms with Crippen molar-refractivity contribution in [1.82, 2.24) is 0 Å². The van der Waals surface area contributed by atoms with Gasteiger partial charge in [0.1, 0.15) is 0 Å². The summed E-state index contributed by atoms with van der Waals surface area (Å²) in [5.41, 5.74) is 0. The Kier molecular flexibility index (Phi) is 22.3. The maximum atomic E-state index is 4.00. The molecule has 0 atom stereocenters. The minimum atomic E-state index is 1.04. The largest absolute Gasteiger partial charge is 0.179 e. The molecule has 0 aliphatic carbocycles. The fourth-order valence-electron chi connectivity index (χ4n) is 0.158. The molecule has 0 aliphatic rings. The summed E-state index contributed by atoms with van der Waals surface area (Å²) in [4.78, 5) is 0. The summed E-state index contributed by atoms with van der Waals surface area (Å²) in [6, 6.07) is 0. The van der Waals surface area contributed by atoms with Crippen molar-refractivity contribution in [2.45, 2.75) is 19.8 Å². The molecule has 0 heterocycles. The summed E-state index contributed by atoms with van der Waals surface area (Å²) < 4.78 is 1.92. The van der Waals surface area contributed by atoms with Crippen molar-refractivity contribution in [2.75, 3.05) is 5.75 Å². The van der Waals surface area contributed by atoms with Crippen LogP contribution in [-0.4, -0.2) is 10.1 Å². The highest BCUT2D eigenvalue weighted by Gasteiger charge is 1.68. The summed E-state index contributed by atoms with van der Waals surface area (Å²) in [6.07, 6.45) is 2.52. The lowest BCUT2D eigenvalue weighted by atomic mass is 10.4. The molecule has 0 spiro atoms. The first-order valence-corrected chi connectivity index (χ1v) is 3.88. The predicted molar refractivity (Wildman–Crippen MR) is 49.0 cm³/mol. The highest BCUT2D eigenvalue weighted by Crippen LogP contribution is 1.85. The molecule has 0 radical (unpaired) electrons. The number of rotatable bonds is 2. The van der Waals surface area contributed by atoms with Crippen molar-refractivity contribution in [1.29, 1.82) is 0 Å². The van der Waals surface area contributed by atoms with Gasteiger partial charge in [0.25, 0.3) is 0 Å². The van der Waals surface area contributed by atoms with E-state index >= 15 is 0 Å². The van der Waals surface area contributed by atoms with Crippen LogP contribution in [0.1, 0.15) is 19.8 Å². The zero-order valence-corrected chi connectivity index (χ0v) is 7.41. The summed E-state index contributed by atoms with van der Waals surface area (Å²) in [5.74, 6) is 1.04. The van der Waals surface area contributed by atoms with E-state index in [1.165, 1.54) is 12.8 Å². The Balaban J connectivity index is 0. The first kappa shape index (κ1) is 11.4. The molecule has 3 heteroatoms. The normalized spacial score (nSPS) is 6.25. The molecule has 0 aromatic heterocycles. The van der Waals surface area contributed by atoms with Gasteiger partial charge in [-0.2, -0.15) is 12.6 Å². The van der Waals surface area contributed by atoms with Crippen molar-refractivity contribution >= 4 is 41.4 Å². The van der Waals surface area contributed by atoms with Crippen LogP contribution in [0.4, 0.5) is 0 Å². The van der Waals surface area contributed by atoms with E-state index in [1.54, 1.807) is 0 Å². The molecule has 0 nitrogen and oxygen atoms in total. The van der Waals surface area contributed by atoms with E-state index in [0.717, 1.165) is 5.75 Å². The van der Waals surface area contributed by atoms with Gasteiger partial charge in [0.15, 0.2) is 0 Å². The van der Waals surface area contributed by atoms with Crippen LogP contribution in [0.25, 0.3) is 0 Å². The molecule has 48 valence electrons. The lowest BCUT2D eigenvalue weighted by Gasteiger charge is -1.78. The number of thiocarbonyl (C=S) groups is 2. The third-order valence-corrected chi connectivity index (χ3v) is 0.828. The van der Waals surface area contributed by atoms with Crippen molar-refractivity contribution in [3.63, 3.8) is 0 Å². The highest BCUT2D eigenvalue weighted by atomic mass is 32.1. The fourth-order valence-corrected chi connectivity index (χ4v) is 0.474. The third-order valence-electron chi connectivity index (χ3n) is 0.512. The van der Waals surface area contributed by atoms with Crippen LogP contribution >= 0.6 is 37.1 Å². The molecular weight excluding hydrogens is 156 g/mol. The Labute approximate surface area is 67.1 Å². The zero-order chi connectivity index (χ0) is 6.83. The number of unbranched alkanes of at least 4 members (excludes halogenated alkanes) is 1. The van der Waals surface area contributed by atoms with Gasteiger partial charge in [-0.15, -0.1) is 0 Å². The maximum absolute atomic E-state index is 4.00. The zero-order valence-electron chi connectivity index (χ0n) is 4.89. The van der Waals surface area contributed by atoms with E-state index in [2.05, 4.69) is 44.0 Å². The molecule has 0 N–H and O–H groups in total. The average Bonchev–Trinajstić information content (AvgIpc) is 1.71. The van der Waals surface area contributed by atoms with E-state index < -0.39 is 0 Å². The smallest absolute Gasteiger partial charge is 0.0297 e. The van der Waals surface area contributed by atoms with Gasteiger partial charge in [0.05, 0.1) is 0 Å². The Morgan fingerprint density at radius 3 is 1.88 bits per heavy atom. The van der Waals surface area contributed by atoms with Crippen LogP contribution in [0.5, 0.6) is 0 Å². The second-order valence-electron chi connectivity index (χ2n) is 1.16. The van der Waals surface area contributed by atoms with E-state index in [-0.39, 0.29) is 0 Å². The first-order chi connectivity index (χ1) is 3.83. The quantitative estimate of drug-likeness (QED) is 0.495. The van der Waals surface area contributed by atoms with Crippen LogP contribution in [0.2, 0.25) is 0 Å². The molecule has 0 bridgehead atoms. The van der Waals surface area contributed by atoms with E-state index in [0.29, 0.717) is 0 Å². The van der Waals surface area contributed by atoms with E-state index in [9.17, 15) is 0 Å². The Bertz CT molecular complexity index is 52.7. The SMILES string of the molecule is CCCCS.S=C=S. The van der Waals surface area contributed by atoms with Crippen LogP contribution in [0.3, 0.4) is 0 Å². The monoisotopic (exact) mass is 166 g/mol. The van der Waals surface area contributed by atoms with Gasteiger partial charge in [0, 0.05) is 4.31 Å². The van der Waals surface area contributed by atoms with Crippen molar-refractivity contribution in [2.24, 2.45) is 0 Å². The molecule has 0 fully saturated rings. The van der Waals surface area contributed by atoms with E-state index in [4.69, 9.17) is 0 Å². The molecule has 8 heavy (non-hydrogen) atoms. The lowest BCUT2D eigenvalue weighted by Crippen LogP contribution is -1.65. The molecule has 0 aromatic rings. The molecule has 0 rings (SSSR count). The first-order valence-electron chi connectivity index (χ1n) is 2.43. The topological polar surface area (TPSA) is 0 Å². The minimum absolute atomic E-state index is 1.04. The maximum Gasteiger partial charge on any atom is 0.0297 e. The molecular formula is C5H10S3. The number of hydrogen-bond acceptors (Lipinski definition) is 3. The van der Waals surface area contributed by atoms with Crippen molar-refractivity contribution in [3.8, 4) is 0 Å². The van der Waals surface area contributed by atoms with Crippen LogP contribution in [0, 0.1) is 0 Å². The lowest BCUT2D eigenvalue weighted by molar-refractivity contribution is 0.899. The predicted octanol–water partition coefficient (Wildman–Crippen LogP) is 2.73. The number of hydrogen-bond donors (Lipinski definition) is 1. The Hall–Kier alpha value is 0.570. The second-order valence-corrected chi connectivity index (χ2v) is 2.27. The average molecular weight is 166 g/mol. The Morgan fingerprint density at radius 1 is 1.50 bits per heavy atom. The van der Waals surface area contributed by atoms with Crippen LogP contribution in [-0.2, 0) is 0 Å². The summed E-state index contributed by atoms with van der Waals surface area (Å²) >= 11 is 11.9. The second kappa shape index (κ2) is 15.6. The molecule has 0 unspecified atom stereocenters. The standard InChI is InChI=1S/C4H10S.CS2/c1-2-3-4-5;2-1-3/h5H,2-4H2,1H3;. The molecule has 0 amide bonds. The molecule has 0 aromatic carbocycles. The minimum Gasteiger partial charge on any atom is -0.179 e. The molecule has 0 saturated heterocycles. The summed E-state index contributed by atoms with van der Waals surface area (Å²) in [5, 5.41) is 0. The summed E-state index contributed by atoms with van der Waals surface area (Å²) in [7, 11) is 0. The van der Waals surface area contributed by atoms with Gasteiger partial charge in [-0.1, -0.05) is 13.3 Å². The van der Waals surface area contributed by atoms with Crippen molar-refractivity contribution in [3.05, 3.63) is 0 Å². The summed E-state index contributed by atoms with van der Waals surface area (Å²) in [6.45, 7) is 2.16.